The number of ether oxygens (including phenoxy) is 1. The fourth-order valence-electron chi connectivity index (χ4n) is 2.62. The molecule has 0 aromatic heterocycles. The highest BCUT2D eigenvalue weighted by Crippen LogP contribution is 2.41. The Labute approximate surface area is 123 Å². The topological polar surface area (TPSA) is 9.23 Å². The maximum absolute atomic E-state index is 5.94. The molecule has 1 aliphatic rings. The van der Waals surface area contributed by atoms with Crippen molar-refractivity contribution in [2.24, 2.45) is 0 Å². The molecule has 0 radical (unpaired) electrons. The maximum Gasteiger partial charge on any atom is 0.0894 e. The lowest BCUT2D eigenvalue weighted by Gasteiger charge is -2.19. The van der Waals surface area contributed by atoms with Gasteiger partial charge in [0.1, 0.15) is 0 Å². The fraction of sp³-hybridized carbons (Fsp3) is 0.250. The summed E-state index contributed by atoms with van der Waals surface area (Å²) in [5.41, 5.74) is 2.46. The van der Waals surface area contributed by atoms with E-state index in [0.29, 0.717) is 5.92 Å². The van der Waals surface area contributed by atoms with Crippen molar-refractivity contribution >= 4 is 23.2 Å². The van der Waals surface area contributed by atoms with Gasteiger partial charge in [0.15, 0.2) is 0 Å². The lowest BCUT2D eigenvalue weighted by atomic mass is 9.89. The Kier molecular flexibility index (Phi) is 3.79. The van der Waals surface area contributed by atoms with Crippen LogP contribution in [0.2, 0.25) is 10.0 Å². The van der Waals surface area contributed by atoms with Crippen LogP contribution in [0, 0.1) is 0 Å². The van der Waals surface area contributed by atoms with Crippen LogP contribution in [0.15, 0.2) is 48.5 Å². The maximum atomic E-state index is 5.94. The average Bonchev–Trinajstić information content (AvgIpc) is 2.90. The van der Waals surface area contributed by atoms with Crippen LogP contribution in [0.4, 0.5) is 0 Å². The van der Waals surface area contributed by atoms with Gasteiger partial charge >= 0.3 is 0 Å². The van der Waals surface area contributed by atoms with E-state index in [1.807, 2.05) is 36.4 Å². The molecule has 2 aromatic carbocycles. The van der Waals surface area contributed by atoms with Crippen molar-refractivity contribution in [3.8, 4) is 0 Å². The molecule has 2 unspecified atom stereocenters. The summed E-state index contributed by atoms with van der Waals surface area (Å²) in [6.45, 7) is 0.792. The van der Waals surface area contributed by atoms with E-state index in [2.05, 4.69) is 12.1 Å². The first-order valence-corrected chi connectivity index (χ1v) is 7.12. The molecule has 1 saturated heterocycles. The average molecular weight is 293 g/mol. The molecule has 0 aliphatic carbocycles. The molecule has 0 amide bonds. The molecule has 19 heavy (non-hydrogen) atoms. The summed E-state index contributed by atoms with van der Waals surface area (Å²) in [5, 5.41) is 1.52. The van der Waals surface area contributed by atoms with Gasteiger partial charge < -0.3 is 4.74 Å². The van der Waals surface area contributed by atoms with Crippen LogP contribution < -0.4 is 0 Å². The number of hydrogen-bond acceptors (Lipinski definition) is 1. The second-order valence-electron chi connectivity index (χ2n) is 4.79. The molecule has 3 heteroatoms. The van der Waals surface area contributed by atoms with Crippen molar-refractivity contribution < 1.29 is 4.74 Å². The summed E-state index contributed by atoms with van der Waals surface area (Å²) >= 11 is 11.9. The molecule has 0 N–H and O–H groups in total. The molecular weight excluding hydrogens is 279 g/mol. The number of halogens is 2. The van der Waals surface area contributed by atoms with E-state index in [4.69, 9.17) is 27.9 Å². The smallest absolute Gasteiger partial charge is 0.0894 e. The van der Waals surface area contributed by atoms with E-state index in [1.54, 1.807) is 0 Å². The Balaban J connectivity index is 1.89. The van der Waals surface area contributed by atoms with Gasteiger partial charge in [0, 0.05) is 22.6 Å². The Morgan fingerprint density at radius 2 is 1.32 bits per heavy atom. The van der Waals surface area contributed by atoms with E-state index in [-0.39, 0.29) is 6.10 Å². The lowest BCUT2D eigenvalue weighted by molar-refractivity contribution is 0.104. The first-order valence-electron chi connectivity index (χ1n) is 6.36. The van der Waals surface area contributed by atoms with Gasteiger partial charge in [-0.1, -0.05) is 47.5 Å². The van der Waals surface area contributed by atoms with Crippen LogP contribution in [0.1, 0.15) is 29.6 Å². The third-order valence-electron chi connectivity index (χ3n) is 3.59. The molecule has 1 aliphatic heterocycles. The Bertz CT molecular complexity index is 496. The van der Waals surface area contributed by atoms with E-state index in [9.17, 15) is 0 Å². The Morgan fingerprint density at radius 1 is 0.789 bits per heavy atom. The third kappa shape index (κ3) is 2.79. The standard InChI is InChI=1S/C16H14Cl2O/c17-13-5-1-11(2-6-13)15-9-10-19-16(15)12-3-7-14(18)8-4-12/h1-8,15-16H,9-10H2. The summed E-state index contributed by atoms with van der Waals surface area (Å²) in [6.07, 6.45) is 1.15. The van der Waals surface area contributed by atoms with Crippen LogP contribution in [0.25, 0.3) is 0 Å². The third-order valence-corrected chi connectivity index (χ3v) is 4.09. The highest BCUT2D eigenvalue weighted by Gasteiger charge is 2.30. The molecule has 3 rings (SSSR count). The lowest BCUT2D eigenvalue weighted by Crippen LogP contribution is -2.05. The first kappa shape index (κ1) is 13.0. The zero-order valence-corrected chi connectivity index (χ0v) is 11.9. The molecule has 1 heterocycles. The van der Waals surface area contributed by atoms with E-state index in [1.165, 1.54) is 11.1 Å². The van der Waals surface area contributed by atoms with Gasteiger partial charge in [-0.15, -0.1) is 0 Å². The first-order chi connectivity index (χ1) is 9.24. The highest BCUT2D eigenvalue weighted by molar-refractivity contribution is 6.30. The summed E-state index contributed by atoms with van der Waals surface area (Å²) in [4.78, 5) is 0. The van der Waals surface area contributed by atoms with Gasteiger partial charge in [-0.25, -0.2) is 0 Å². The van der Waals surface area contributed by atoms with Crippen molar-refractivity contribution in [3.63, 3.8) is 0 Å². The SMILES string of the molecule is Clc1ccc(C2CCOC2c2ccc(Cl)cc2)cc1. The predicted molar refractivity (Wildman–Crippen MR) is 79.0 cm³/mol. The van der Waals surface area contributed by atoms with Crippen molar-refractivity contribution in [1.29, 1.82) is 0 Å². The van der Waals surface area contributed by atoms with Gasteiger partial charge in [0.05, 0.1) is 6.10 Å². The monoisotopic (exact) mass is 292 g/mol. The number of rotatable bonds is 2. The van der Waals surface area contributed by atoms with Crippen LogP contribution in [-0.4, -0.2) is 6.61 Å². The second kappa shape index (κ2) is 5.54. The zero-order valence-electron chi connectivity index (χ0n) is 10.4. The largest absolute Gasteiger partial charge is 0.373 e. The van der Waals surface area contributed by atoms with Gasteiger partial charge in [0.25, 0.3) is 0 Å². The van der Waals surface area contributed by atoms with Gasteiger partial charge in [0.2, 0.25) is 0 Å². The summed E-state index contributed by atoms with van der Waals surface area (Å²) < 4.78 is 5.90. The van der Waals surface area contributed by atoms with Gasteiger partial charge in [-0.05, 0) is 41.8 Å². The Hall–Kier alpha value is -1.02. The molecule has 1 fully saturated rings. The van der Waals surface area contributed by atoms with Crippen LogP contribution in [-0.2, 0) is 4.74 Å². The van der Waals surface area contributed by atoms with Crippen LogP contribution in [0.5, 0.6) is 0 Å². The normalized spacial score (nSPS) is 22.6. The van der Waals surface area contributed by atoms with Crippen molar-refractivity contribution in [2.75, 3.05) is 6.61 Å². The molecule has 0 bridgehead atoms. The van der Waals surface area contributed by atoms with E-state index < -0.39 is 0 Å². The molecule has 2 atom stereocenters. The highest BCUT2D eigenvalue weighted by atomic mass is 35.5. The molecule has 98 valence electrons. The quantitative estimate of drug-likeness (QED) is 0.736. The van der Waals surface area contributed by atoms with Crippen molar-refractivity contribution in [3.05, 3.63) is 69.7 Å². The van der Waals surface area contributed by atoms with Crippen molar-refractivity contribution in [1.82, 2.24) is 0 Å². The molecule has 0 saturated carbocycles. The molecule has 2 aromatic rings. The number of hydrogen-bond donors (Lipinski definition) is 0. The summed E-state index contributed by atoms with van der Waals surface area (Å²) in [7, 11) is 0. The minimum absolute atomic E-state index is 0.110. The summed E-state index contributed by atoms with van der Waals surface area (Å²) in [5.74, 6) is 0.387. The molecule has 1 nitrogen and oxygen atoms in total. The minimum atomic E-state index is 0.110. The summed E-state index contributed by atoms with van der Waals surface area (Å²) in [6, 6.07) is 16.0. The van der Waals surface area contributed by atoms with Gasteiger partial charge in [-0.2, -0.15) is 0 Å². The Morgan fingerprint density at radius 3 is 1.89 bits per heavy atom. The second-order valence-corrected chi connectivity index (χ2v) is 5.66. The van der Waals surface area contributed by atoms with E-state index in [0.717, 1.165) is 23.1 Å². The van der Waals surface area contributed by atoms with Crippen molar-refractivity contribution in [2.45, 2.75) is 18.4 Å². The fourth-order valence-corrected chi connectivity index (χ4v) is 2.87. The zero-order chi connectivity index (χ0) is 13.2. The number of benzene rings is 2. The van der Waals surface area contributed by atoms with Crippen LogP contribution in [0.3, 0.4) is 0 Å². The molecular formula is C16H14Cl2O. The van der Waals surface area contributed by atoms with Gasteiger partial charge in [-0.3, -0.25) is 0 Å². The predicted octanol–water partition coefficient (Wildman–Crippen LogP) is 5.24. The van der Waals surface area contributed by atoms with E-state index >= 15 is 0 Å². The minimum Gasteiger partial charge on any atom is -0.373 e. The van der Waals surface area contributed by atoms with Crippen LogP contribution >= 0.6 is 23.2 Å². The molecule has 0 spiro atoms.